The minimum atomic E-state index is -0.954. The molecule has 2 heterocycles. The maximum Gasteiger partial charge on any atom is 0.329 e. The summed E-state index contributed by atoms with van der Waals surface area (Å²) in [6, 6.07) is 5.51. The average Bonchev–Trinajstić information content (AvgIpc) is 2.92. The van der Waals surface area contributed by atoms with E-state index in [1.807, 2.05) is 0 Å². The molecule has 100 valence electrons. The Balaban J connectivity index is 2.06. The predicted octanol–water partition coefficient (Wildman–Crippen LogP) is 2.92. The van der Waals surface area contributed by atoms with Crippen molar-refractivity contribution >= 4 is 34.7 Å². The maximum absolute atomic E-state index is 11.4. The lowest BCUT2D eigenvalue weighted by Gasteiger charge is -2.29. The molecule has 1 aromatic heterocycles. The van der Waals surface area contributed by atoms with Gasteiger partial charge in [0.25, 0.3) is 6.01 Å². The summed E-state index contributed by atoms with van der Waals surface area (Å²) >= 11 is 5.90. The first-order chi connectivity index (χ1) is 9.00. The van der Waals surface area contributed by atoms with Crippen LogP contribution in [0.15, 0.2) is 22.6 Å². The lowest BCUT2D eigenvalue weighted by Crippen LogP contribution is -2.48. The van der Waals surface area contributed by atoms with Gasteiger partial charge in [0, 0.05) is 11.6 Å². The van der Waals surface area contributed by atoms with Gasteiger partial charge >= 0.3 is 5.97 Å². The Morgan fingerprint density at radius 3 is 3.11 bits per heavy atom. The van der Waals surface area contributed by atoms with E-state index in [9.17, 15) is 9.90 Å². The minimum absolute atomic E-state index is 0.347. The van der Waals surface area contributed by atoms with Crippen molar-refractivity contribution in [2.45, 2.75) is 25.3 Å². The summed E-state index contributed by atoms with van der Waals surface area (Å²) < 4.78 is 5.65. The molecule has 0 amide bonds. The van der Waals surface area contributed by atoms with E-state index >= 15 is 0 Å². The van der Waals surface area contributed by atoms with Crippen molar-refractivity contribution in [3.63, 3.8) is 0 Å². The van der Waals surface area contributed by atoms with Gasteiger partial charge in [-0.25, -0.2) is 4.79 Å². The summed E-state index contributed by atoms with van der Waals surface area (Å²) in [5.74, 6) is -0.856. The number of fused-ring (bicyclic) bond motifs is 1. The zero-order valence-corrected chi connectivity index (χ0v) is 11.1. The van der Waals surface area contributed by atoms with Gasteiger partial charge in [0.15, 0.2) is 5.58 Å². The summed E-state index contributed by atoms with van der Waals surface area (Å²) in [7, 11) is 0. The van der Waals surface area contributed by atoms with Crippen LogP contribution in [-0.4, -0.2) is 28.1 Å². The van der Waals surface area contributed by atoms with Crippen molar-refractivity contribution in [3.8, 4) is 0 Å². The molecule has 1 aromatic carbocycles. The number of benzene rings is 1. The van der Waals surface area contributed by atoms with E-state index in [4.69, 9.17) is 16.0 Å². The molecule has 5 nitrogen and oxygen atoms in total. The molecule has 1 fully saturated rings. The van der Waals surface area contributed by atoms with Gasteiger partial charge in [-0.2, -0.15) is 4.98 Å². The van der Waals surface area contributed by atoms with Crippen LogP contribution in [0.25, 0.3) is 11.1 Å². The van der Waals surface area contributed by atoms with Crippen LogP contribution in [0, 0.1) is 0 Å². The molecule has 6 heteroatoms. The second-order valence-corrected chi connectivity index (χ2v) is 5.38. The largest absolute Gasteiger partial charge is 0.480 e. The molecule has 3 rings (SSSR count). The number of halogens is 1. The van der Waals surface area contributed by atoms with Gasteiger partial charge in [-0.05, 0) is 38.0 Å². The number of carbonyl (C=O) groups is 1. The SMILES string of the molecule is C[C@@]1(C(=O)O)CCCN1c1nc2cc(Cl)ccc2o1. The molecule has 2 aromatic rings. The van der Waals surface area contributed by atoms with Gasteiger partial charge in [-0.15, -0.1) is 0 Å². The third-order valence-corrected chi connectivity index (χ3v) is 3.91. The van der Waals surface area contributed by atoms with Crippen LogP contribution in [-0.2, 0) is 4.79 Å². The lowest BCUT2D eigenvalue weighted by atomic mass is 10.00. The fourth-order valence-electron chi connectivity index (χ4n) is 2.50. The molecule has 1 atom stereocenters. The van der Waals surface area contributed by atoms with E-state index in [2.05, 4.69) is 4.98 Å². The molecular weight excluding hydrogens is 268 g/mol. The highest BCUT2D eigenvalue weighted by atomic mass is 35.5. The van der Waals surface area contributed by atoms with Crippen molar-refractivity contribution < 1.29 is 14.3 Å². The van der Waals surface area contributed by atoms with Gasteiger partial charge in [-0.3, -0.25) is 0 Å². The van der Waals surface area contributed by atoms with Crippen LogP contribution < -0.4 is 4.90 Å². The molecule has 0 bridgehead atoms. The van der Waals surface area contributed by atoms with Crippen molar-refractivity contribution in [2.24, 2.45) is 0 Å². The number of anilines is 1. The number of oxazole rings is 1. The summed E-state index contributed by atoms with van der Waals surface area (Å²) in [5, 5.41) is 9.97. The second-order valence-electron chi connectivity index (χ2n) is 4.94. The molecule has 1 aliphatic rings. The highest BCUT2D eigenvalue weighted by Crippen LogP contribution is 2.35. The molecule has 1 aliphatic heterocycles. The Hall–Kier alpha value is -1.75. The normalized spacial score (nSPS) is 23.2. The van der Waals surface area contributed by atoms with Gasteiger partial charge < -0.3 is 14.4 Å². The smallest absolute Gasteiger partial charge is 0.329 e. The molecule has 0 unspecified atom stereocenters. The minimum Gasteiger partial charge on any atom is -0.480 e. The first-order valence-electron chi connectivity index (χ1n) is 6.08. The second kappa shape index (κ2) is 4.13. The van der Waals surface area contributed by atoms with E-state index in [-0.39, 0.29) is 0 Å². The molecule has 0 aliphatic carbocycles. The predicted molar refractivity (Wildman–Crippen MR) is 71.6 cm³/mol. The topological polar surface area (TPSA) is 66.6 Å². The highest BCUT2D eigenvalue weighted by Gasteiger charge is 2.45. The van der Waals surface area contributed by atoms with E-state index in [1.165, 1.54) is 0 Å². The van der Waals surface area contributed by atoms with Crippen LogP contribution in [0.4, 0.5) is 6.01 Å². The fraction of sp³-hybridized carbons (Fsp3) is 0.385. The molecule has 0 spiro atoms. The zero-order chi connectivity index (χ0) is 13.6. The van der Waals surface area contributed by atoms with E-state index in [1.54, 1.807) is 30.0 Å². The standard InChI is InChI=1S/C13H13ClN2O3/c1-13(11(17)18)5-2-6-16(13)12-15-9-7-8(14)3-4-10(9)19-12/h3-4,7H,2,5-6H2,1H3,(H,17,18)/t13-/m0/s1. The number of carboxylic acids is 1. The third kappa shape index (κ3) is 1.85. The Bertz CT molecular complexity index is 654. The number of aromatic nitrogens is 1. The van der Waals surface area contributed by atoms with E-state index < -0.39 is 11.5 Å². The summed E-state index contributed by atoms with van der Waals surface area (Å²) in [5.41, 5.74) is 0.297. The molecule has 0 saturated carbocycles. The maximum atomic E-state index is 11.4. The molecule has 1 saturated heterocycles. The Morgan fingerprint density at radius 2 is 2.37 bits per heavy atom. The summed E-state index contributed by atoms with van der Waals surface area (Å²) in [6.45, 7) is 2.33. The first-order valence-corrected chi connectivity index (χ1v) is 6.46. The monoisotopic (exact) mass is 280 g/mol. The number of carboxylic acid groups (broad SMARTS) is 1. The third-order valence-electron chi connectivity index (χ3n) is 3.67. The number of hydrogen-bond acceptors (Lipinski definition) is 4. The van der Waals surface area contributed by atoms with Crippen LogP contribution in [0.1, 0.15) is 19.8 Å². The van der Waals surface area contributed by atoms with Gasteiger partial charge in [-0.1, -0.05) is 11.6 Å². The van der Waals surface area contributed by atoms with Crippen molar-refractivity contribution in [2.75, 3.05) is 11.4 Å². The van der Waals surface area contributed by atoms with Crippen LogP contribution in [0.2, 0.25) is 5.02 Å². The highest BCUT2D eigenvalue weighted by molar-refractivity contribution is 6.31. The zero-order valence-electron chi connectivity index (χ0n) is 10.4. The van der Waals surface area contributed by atoms with E-state index in [0.29, 0.717) is 35.1 Å². The average molecular weight is 281 g/mol. The fourth-order valence-corrected chi connectivity index (χ4v) is 2.66. The first kappa shape index (κ1) is 12.3. The van der Waals surface area contributed by atoms with Gasteiger partial charge in [0.2, 0.25) is 0 Å². The van der Waals surface area contributed by atoms with Crippen molar-refractivity contribution in [3.05, 3.63) is 23.2 Å². The molecular formula is C13H13ClN2O3. The summed E-state index contributed by atoms with van der Waals surface area (Å²) in [4.78, 5) is 17.5. The van der Waals surface area contributed by atoms with Gasteiger partial charge in [0.1, 0.15) is 11.1 Å². The molecule has 1 N–H and O–H groups in total. The molecule has 0 radical (unpaired) electrons. The van der Waals surface area contributed by atoms with Crippen LogP contribution in [0.3, 0.4) is 0 Å². The van der Waals surface area contributed by atoms with Crippen molar-refractivity contribution in [1.82, 2.24) is 4.98 Å². The number of nitrogens with zero attached hydrogens (tertiary/aromatic N) is 2. The molecule has 19 heavy (non-hydrogen) atoms. The Labute approximate surface area is 114 Å². The van der Waals surface area contributed by atoms with Crippen molar-refractivity contribution in [1.29, 1.82) is 0 Å². The van der Waals surface area contributed by atoms with Crippen LogP contribution >= 0.6 is 11.6 Å². The number of rotatable bonds is 2. The van der Waals surface area contributed by atoms with Gasteiger partial charge in [0.05, 0.1) is 0 Å². The van der Waals surface area contributed by atoms with Crippen LogP contribution in [0.5, 0.6) is 0 Å². The lowest BCUT2D eigenvalue weighted by molar-refractivity contribution is -0.142. The Kier molecular flexibility index (Phi) is 2.67. The number of hydrogen-bond donors (Lipinski definition) is 1. The number of aliphatic carboxylic acids is 1. The quantitative estimate of drug-likeness (QED) is 0.916. The summed E-state index contributed by atoms with van der Waals surface area (Å²) in [6.07, 6.45) is 1.39. The van der Waals surface area contributed by atoms with E-state index in [0.717, 1.165) is 6.42 Å². The Morgan fingerprint density at radius 1 is 1.58 bits per heavy atom.